The maximum absolute atomic E-state index is 12.3. The van der Waals surface area contributed by atoms with Crippen molar-refractivity contribution in [1.29, 1.82) is 0 Å². The van der Waals surface area contributed by atoms with Crippen LogP contribution in [0.5, 0.6) is 0 Å². The minimum Gasteiger partial charge on any atom is -0.390 e. The summed E-state index contributed by atoms with van der Waals surface area (Å²) >= 11 is 0. The van der Waals surface area contributed by atoms with E-state index in [1.807, 2.05) is 7.05 Å². The van der Waals surface area contributed by atoms with E-state index < -0.39 is 5.60 Å². The third kappa shape index (κ3) is 3.47. The predicted octanol–water partition coefficient (Wildman–Crippen LogP) is 0.923. The maximum atomic E-state index is 12.3. The molecule has 2 heterocycles. The predicted molar refractivity (Wildman–Crippen MR) is 79.1 cm³/mol. The highest BCUT2D eigenvalue weighted by molar-refractivity contribution is 5.77. The molecule has 0 aromatic carbocycles. The molecule has 0 unspecified atom stereocenters. The van der Waals surface area contributed by atoms with E-state index in [0.717, 1.165) is 25.2 Å². The molecule has 1 aromatic rings. The fraction of sp³-hybridized carbons (Fsp3) is 0.800. The van der Waals surface area contributed by atoms with Crippen LogP contribution >= 0.6 is 0 Å². The third-order valence-electron chi connectivity index (χ3n) is 4.27. The molecule has 1 N–H and O–H groups in total. The zero-order valence-corrected chi connectivity index (χ0v) is 13.4. The van der Waals surface area contributed by atoms with Gasteiger partial charge in [0.2, 0.25) is 11.8 Å². The summed E-state index contributed by atoms with van der Waals surface area (Å²) in [5.74, 6) is 1.81. The van der Waals surface area contributed by atoms with Gasteiger partial charge in [-0.3, -0.25) is 9.69 Å². The van der Waals surface area contributed by atoms with Gasteiger partial charge in [0, 0.05) is 25.6 Å². The van der Waals surface area contributed by atoms with Crippen LogP contribution < -0.4 is 0 Å². The van der Waals surface area contributed by atoms with E-state index in [1.54, 1.807) is 18.7 Å². The molecule has 7 heteroatoms. The number of amides is 1. The first-order valence-corrected chi connectivity index (χ1v) is 7.87. The monoisotopic (exact) mass is 308 g/mol. The van der Waals surface area contributed by atoms with Crippen LogP contribution in [0.15, 0.2) is 4.52 Å². The summed E-state index contributed by atoms with van der Waals surface area (Å²) in [6.45, 7) is 5.24. The number of likely N-dealkylation sites (N-methyl/N-ethyl adjacent to an activating group) is 1. The van der Waals surface area contributed by atoms with E-state index >= 15 is 0 Å². The molecular weight excluding hydrogens is 284 g/mol. The number of carbonyl (C=O) groups is 1. The summed E-state index contributed by atoms with van der Waals surface area (Å²) < 4.78 is 5.41. The Kier molecular flexibility index (Phi) is 3.94. The zero-order valence-electron chi connectivity index (χ0n) is 13.4. The number of rotatable bonds is 4. The van der Waals surface area contributed by atoms with Crippen molar-refractivity contribution < 1.29 is 14.4 Å². The number of hydrogen-bond donors (Lipinski definition) is 1. The van der Waals surface area contributed by atoms with Gasteiger partial charge in [0.1, 0.15) is 6.04 Å². The van der Waals surface area contributed by atoms with Gasteiger partial charge in [0.05, 0.1) is 12.0 Å². The number of nitrogens with zero attached hydrogens (tertiary/aromatic N) is 4. The fourth-order valence-corrected chi connectivity index (χ4v) is 2.74. The molecule has 0 spiro atoms. The van der Waals surface area contributed by atoms with Crippen LogP contribution in [0.2, 0.25) is 0 Å². The molecule has 1 atom stereocenters. The van der Waals surface area contributed by atoms with E-state index in [1.165, 1.54) is 0 Å². The standard InChI is InChI=1S/C15H24N4O3/c1-15(2,21)8-12(20)19-7-6-18(3)11(9-19)14-16-13(17-22-14)10-4-5-10/h10-11,21H,4-9H2,1-3H3/t11-/m0/s1. The first kappa shape index (κ1) is 15.4. The number of aliphatic hydroxyl groups is 1. The summed E-state index contributed by atoms with van der Waals surface area (Å²) in [7, 11) is 2.00. The number of hydrogen-bond acceptors (Lipinski definition) is 6. The lowest BCUT2D eigenvalue weighted by Crippen LogP contribution is -2.50. The largest absolute Gasteiger partial charge is 0.390 e. The lowest BCUT2D eigenvalue weighted by atomic mass is 10.0. The molecule has 2 fully saturated rings. The molecule has 2 aliphatic rings. The molecule has 0 bridgehead atoms. The fourth-order valence-electron chi connectivity index (χ4n) is 2.74. The molecule has 1 aliphatic carbocycles. The smallest absolute Gasteiger partial charge is 0.245 e. The second kappa shape index (κ2) is 5.62. The van der Waals surface area contributed by atoms with E-state index in [0.29, 0.717) is 24.9 Å². The van der Waals surface area contributed by atoms with Gasteiger partial charge < -0.3 is 14.5 Å². The quantitative estimate of drug-likeness (QED) is 0.891. The first-order chi connectivity index (χ1) is 10.3. The number of piperazine rings is 1. The van der Waals surface area contributed by atoms with Crippen molar-refractivity contribution in [3.05, 3.63) is 11.7 Å². The molecule has 0 radical (unpaired) electrons. The number of carbonyl (C=O) groups excluding carboxylic acids is 1. The Bertz CT molecular complexity index is 547. The van der Waals surface area contributed by atoms with Crippen molar-refractivity contribution in [3.63, 3.8) is 0 Å². The van der Waals surface area contributed by atoms with Gasteiger partial charge in [-0.1, -0.05) is 5.16 Å². The Morgan fingerprint density at radius 3 is 2.77 bits per heavy atom. The molecule has 22 heavy (non-hydrogen) atoms. The lowest BCUT2D eigenvalue weighted by Gasteiger charge is -2.38. The van der Waals surface area contributed by atoms with Crippen molar-refractivity contribution in [1.82, 2.24) is 19.9 Å². The average Bonchev–Trinajstić information content (AvgIpc) is 3.16. The highest BCUT2D eigenvalue weighted by Crippen LogP contribution is 2.38. The van der Waals surface area contributed by atoms with E-state index in [-0.39, 0.29) is 18.4 Å². The Labute approximate surface area is 130 Å². The highest BCUT2D eigenvalue weighted by atomic mass is 16.5. The zero-order chi connectivity index (χ0) is 15.9. The summed E-state index contributed by atoms with van der Waals surface area (Å²) in [6.07, 6.45) is 2.39. The molecule has 1 saturated heterocycles. The van der Waals surface area contributed by atoms with Crippen molar-refractivity contribution in [2.45, 2.75) is 50.7 Å². The van der Waals surface area contributed by atoms with Crippen LogP contribution in [0, 0.1) is 0 Å². The van der Waals surface area contributed by atoms with Crippen LogP contribution in [0.1, 0.15) is 56.8 Å². The molecule has 7 nitrogen and oxygen atoms in total. The molecule has 3 rings (SSSR count). The Balaban J connectivity index is 1.68. The lowest BCUT2D eigenvalue weighted by molar-refractivity contribution is -0.138. The molecular formula is C15H24N4O3. The average molecular weight is 308 g/mol. The van der Waals surface area contributed by atoms with Gasteiger partial charge in [-0.25, -0.2) is 0 Å². The van der Waals surface area contributed by atoms with Crippen molar-refractivity contribution >= 4 is 5.91 Å². The van der Waals surface area contributed by atoms with E-state index in [2.05, 4.69) is 15.0 Å². The van der Waals surface area contributed by atoms with Gasteiger partial charge in [-0.05, 0) is 33.7 Å². The van der Waals surface area contributed by atoms with Crippen LogP contribution in [0.4, 0.5) is 0 Å². The summed E-state index contributed by atoms with van der Waals surface area (Å²) in [6, 6.07) is -0.0699. The third-order valence-corrected chi connectivity index (χ3v) is 4.27. The van der Waals surface area contributed by atoms with Crippen LogP contribution in [-0.2, 0) is 4.79 Å². The second-order valence-corrected chi connectivity index (χ2v) is 7.09. The van der Waals surface area contributed by atoms with Crippen LogP contribution in [0.25, 0.3) is 0 Å². The van der Waals surface area contributed by atoms with Crippen LogP contribution in [-0.4, -0.2) is 63.2 Å². The summed E-state index contributed by atoms with van der Waals surface area (Å²) in [4.78, 5) is 20.7. The van der Waals surface area contributed by atoms with E-state index in [4.69, 9.17) is 4.52 Å². The normalized spacial score (nSPS) is 23.8. The minimum absolute atomic E-state index is 0.0347. The van der Waals surface area contributed by atoms with E-state index in [9.17, 15) is 9.90 Å². The molecule has 122 valence electrons. The van der Waals surface area contributed by atoms with Gasteiger partial charge in [0.15, 0.2) is 5.82 Å². The SMILES string of the molecule is CN1CCN(C(=O)CC(C)(C)O)C[C@H]1c1nc(C2CC2)no1. The Morgan fingerprint density at radius 2 is 2.14 bits per heavy atom. The molecule has 1 aromatic heterocycles. The van der Waals surface area contributed by atoms with Crippen LogP contribution in [0.3, 0.4) is 0 Å². The van der Waals surface area contributed by atoms with Crippen molar-refractivity contribution in [2.24, 2.45) is 0 Å². The van der Waals surface area contributed by atoms with Gasteiger partial charge in [-0.15, -0.1) is 0 Å². The maximum Gasteiger partial charge on any atom is 0.245 e. The number of aromatic nitrogens is 2. The van der Waals surface area contributed by atoms with Crippen molar-refractivity contribution in [2.75, 3.05) is 26.7 Å². The first-order valence-electron chi connectivity index (χ1n) is 7.87. The van der Waals surface area contributed by atoms with Gasteiger partial charge in [-0.2, -0.15) is 4.98 Å². The van der Waals surface area contributed by atoms with Gasteiger partial charge in [0.25, 0.3) is 0 Å². The Morgan fingerprint density at radius 1 is 1.41 bits per heavy atom. The highest BCUT2D eigenvalue weighted by Gasteiger charge is 2.35. The molecule has 1 aliphatic heterocycles. The topological polar surface area (TPSA) is 82.7 Å². The Hall–Kier alpha value is -1.47. The second-order valence-electron chi connectivity index (χ2n) is 7.09. The van der Waals surface area contributed by atoms with Crippen molar-refractivity contribution in [3.8, 4) is 0 Å². The molecule has 1 saturated carbocycles. The summed E-state index contributed by atoms with van der Waals surface area (Å²) in [5.41, 5.74) is -0.987. The summed E-state index contributed by atoms with van der Waals surface area (Å²) in [5, 5.41) is 13.9. The molecule has 1 amide bonds. The minimum atomic E-state index is -0.987. The van der Waals surface area contributed by atoms with Gasteiger partial charge >= 0.3 is 0 Å².